The van der Waals surface area contributed by atoms with Crippen LogP contribution < -0.4 is 0 Å². The van der Waals surface area contributed by atoms with E-state index in [1.54, 1.807) is 26.0 Å². The molecule has 8 bridgehead atoms. The first-order valence-corrected chi connectivity index (χ1v) is 18.8. The Kier molecular flexibility index (Phi) is 11.3. The SMILES string of the molecule is C=CC1=C(C)c2cc3nc(cc4[nH]c(cc5[nH]c(cc1n2)c(C)c5CCC(=O)OC)c(CCC(=O)OC)c4C)C1=CC=C(C(=O)OCC)C(C(=O)OCC)C13C. The van der Waals surface area contributed by atoms with Gasteiger partial charge >= 0.3 is 23.9 Å². The third kappa shape index (κ3) is 7.00. The zero-order valence-corrected chi connectivity index (χ0v) is 33.2. The molecule has 56 heavy (non-hydrogen) atoms. The highest BCUT2D eigenvalue weighted by atomic mass is 16.5. The van der Waals surface area contributed by atoms with Crippen molar-refractivity contribution < 1.29 is 38.1 Å². The van der Waals surface area contributed by atoms with Gasteiger partial charge in [-0.1, -0.05) is 24.8 Å². The van der Waals surface area contributed by atoms with Gasteiger partial charge in [-0.3, -0.25) is 19.4 Å². The Morgan fingerprint density at radius 1 is 0.768 bits per heavy atom. The van der Waals surface area contributed by atoms with E-state index in [0.717, 1.165) is 55.5 Å². The molecular formula is C44H48N4O8. The maximum atomic E-state index is 14.0. The van der Waals surface area contributed by atoms with Crippen LogP contribution in [-0.4, -0.2) is 71.2 Å². The van der Waals surface area contributed by atoms with Crippen molar-refractivity contribution in [2.45, 2.75) is 72.6 Å². The maximum absolute atomic E-state index is 14.0. The molecule has 0 radical (unpaired) electrons. The van der Waals surface area contributed by atoms with E-state index in [0.29, 0.717) is 41.2 Å². The smallest absolute Gasteiger partial charge is 0.334 e. The lowest BCUT2D eigenvalue weighted by molar-refractivity contribution is -0.151. The summed E-state index contributed by atoms with van der Waals surface area (Å²) in [5, 5.41) is 0. The first kappa shape index (κ1) is 39.6. The van der Waals surface area contributed by atoms with Crippen LogP contribution in [-0.2, 0) is 56.4 Å². The fourth-order valence-corrected chi connectivity index (χ4v) is 7.99. The van der Waals surface area contributed by atoms with E-state index in [2.05, 4.69) is 16.5 Å². The molecule has 3 aromatic heterocycles. The van der Waals surface area contributed by atoms with Gasteiger partial charge in [0.15, 0.2) is 0 Å². The number of hydrogen-bond acceptors (Lipinski definition) is 10. The van der Waals surface area contributed by atoms with Gasteiger partial charge in [0, 0.05) is 40.5 Å². The fourth-order valence-electron chi connectivity index (χ4n) is 7.99. The number of ether oxygens (including phenoxy) is 4. The molecule has 0 fully saturated rings. The molecule has 0 aromatic carbocycles. The molecule has 3 aromatic rings. The number of rotatable bonds is 11. The van der Waals surface area contributed by atoms with Crippen LogP contribution in [0.15, 0.2) is 54.6 Å². The van der Waals surface area contributed by atoms with Gasteiger partial charge in [0.05, 0.1) is 61.2 Å². The average Bonchev–Trinajstić information content (AvgIpc) is 3.83. The van der Waals surface area contributed by atoms with Crippen LogP contribution in [0.5, 0.6) is 0 Å². The third-order valence-electron chi connectivity index (χ3n) is 11.1. The number of aromatic amines is 2. The molecule has 12 heteroatoms. The molecular weight excluding hydrogens is 713 g/mol. The Bertz CT molecular complexity index is 2430. The summed E-state index contributed by atoms with van der Waals surface area (Å²) in [6, 6.07) is 7.77. The quantitative estimate of drug-likeness (QED) is 0.150. The summed E-state index contributed by atoms with van der Waals surface area (Å²) < 4.78 is 21.1. The predicted molar refractivity (Wildman–Crippen MR) is 214 cm³/mol. The standard InChI is InChI=1S/C44H48N4O8/c1-10-26-23(4)33-22-38-44(7)30(16-13-29(42(51)55-11-2)41(44)43(52)56-12-3)37(48-38)20-32-25(6)28(15-18-40(50)54-9)36(46-32)21-35-27(14-17-39(49)53-8)24(5)31(45-35)19-34(26)47-33/h10,13,16,19-22,41,45-46H,1,11-12,14-15,17-18H2,2-9H3. The van der Waals surface area contributed by atoms with Crippen LogP contribution in [0, 0.1) is 19.8 Å². The zero-order valence-electron chi connectivity index (χ0n) is 33.2. The molecule has 0 spiro atoms. The van der Waals surface area contributed by atoms with E-state index in [1.165, 1.54) is 14.2 Å². The molecule has 2 aliphatic heterocycles. The highest BCUT2D eigenvalue weighted by Crippen LogP contribution is 2.52. The Hall–Kier alpha value is -6.04. The number of nitrogens with zero attached hydrogens (tertiary/aromatic N) is 2. The van der Waals surface area contributed by atoms with Gasteiger partial charge in [-0.05, 0) is 112 Å². The number of carbonyl (C=O) groups is 4. The van der Waals surface area contributed by atoms with Crippen LogP contribution in [0.25, 0.3) is 38.8 Å². The van der Waals surface area contributed by atoms with E-state index in [4.69, 9.17) is 28.9 Å². The number of allylic oxidation sites excluding steroid dienone is 6. The van der Waals surface area contributed by atoms with E-state index in [9.17, 15) is 19.2 Å². The van der Waals surface area contributed by atoms with E-state index in [-0.39, 0.29) is 43.6 Å². The van der Waals surface area contributed by atoms with Crippen molar-refractivity contribution in [3.05, 3.63) is 99.7 Å². The largest absolute Gasteiger partial charge is 0.469 e. The summed E-state index contributed by atoms with van der Waals surface area (Å²) in [7, 11) is 2.74. The Morgan fingerprint density at radius 3 is 1.88 bits per heavy atom. The molecule has 6 rings (SSSR count). The molecule has 1 aliphatic carbocycles. The lowest BCUT2D eigenvalue weighted by atomic mass is 9.64. The van der Waals surface area contributed by atoms with Crippen molar-refractivity contribution in [1.29, 1.82) is 0 Å². The second-order valence-corrected chi connectivity index (χ2v) is 14.2. The Labute approximate surface area is 325 Å². The van der Waals surface area contributed by atoms with Crippen molar-refractivity contribution in [1.82, 2.24) is 19.9 Å². The normalized spacial score (nSPS) is 17.4. The minimum Gasteiger partial charge on any atom is -0.469 e. The second-order valence-electron chi connectivity index (χ2n) is 14.2. The third-order valence-corrected chi connectivity index (χ3v) is 11.1. The first-order valence-electron chi connectivity index (χ1n) is 18.8. The number of hydrogen-bond donors (Lipinski definition) is 2. The molecule has 0 saturated heterocycles. The van der Waals surface area contributed by atoms with Crippen LogP contribution in [0.4, 0.5) is 0 Å². The van der Waals surface area contributed by atoms with E-state index in [1.807, 2.05) is 58.0 Å². The lowest BCUT2D eigenvalue weighted by Crippen LogP contribution is -2.42. The number of aryl methyl sites for hydroxylation is 4. The van der Waals surface area contributed by atoms with E-state index >= 15 is 0 Å². The molecule has 2 unspecified atom stereocenters. The number of H-pyrrole nitrogens is 2. The van der Waals surface area contributed by atoms with Crippen LogP contribution in [0.1, 0.15) is 85.6 Å². The number of fused-ring (bicyclic) bond motifs is 11. The number of aromatic nitrogens is 4. The highest BCUT2D eigenvalue weighted by molar-refractivity contribution is 6.02. The summed E-state index contributed by atoms with van der Waals surface area (Å²) in [5.41, 5.74) is 10.6. The molecule has 5 heterocycles. The minimum absolute atomic E-state index is 0.115. The zero-order chi connectivity index (χ0) is 40.5. The molecule has 3 aliphatic rings. The van der Waals surface area contributed by atoms with Crippen molar-refractivity contribution >= 4 is 62.7 Å². The predicted octanol–water partition coefficient (Wildman–Crippen LogP) is 7.28. The molecule has 12 nitrogen and oxygen atoms in total. The lowest BCUT2D eigenvalue weighted by Gasteiger charge is -2.36. The summed E-state index contributed by atoms with van der Waals surface area (Å²) in [6.45, 7) is 15.6. The second kappa shape index (κ2) is 16.0. The van der Waals surface area contributed by atoms with Crippen LogP contribution in [0.2, 0.25) is 0 Å². The van der Waals surface area contributed by atoms with Gasteiger partial charge in [-0.15, -0.1) is 0 Å². The first-order chi connectivity index (χ1) is 26.8. The van der Waals surface area contributed by atoms with Crippen molar-refractivity contribution in [2.75, 3.05) is 27.4 Å². The van der Waals surface area contributed by atoms with Gasteiger partial charge in [-0.2, -0.15) is 0 Å². The molecule has 0 saturated carbocycles. The maximum Gasteiger partial charge on any atom is 0.334 e. The van der Waals surface area contributed by atoms with Gasteiger partial charge in [0.2, 0.25) is 0 Å². The Balaban J connectivity index is 1.75. The number of carbonyl (C=O) groups excluding carboxylic acids is 4. The molecule has 2 atom stereocenters. The minimum atomic E-state index is -1.16. The van der Waals surface area contributed by atoms with Crippen molar-refractivity contribution in [3.8, 4) is 0 Å². The fraction of sp³-hybridized carbons (Fsp3) is 0.364. The monoisotopic (exact) mass is 760 g/mol. The topological polar surface area (TPSA) is 163 Å². The van der Waals surface area contributed by atoms with E-state index < -0.39 is 23.3 Å². The number of esters is 4. The Morgan fingerprint density at radius 2 is 1.34 bits per heavy atom. The van der Waals surface area contributed by atoms with Crippen LogP contribution >= 0.6 is 0 Å². The summed E-state index contributed by atoms with van der Waals surface area (Å²) in [5.74, 6) is -2.90. The average molecular weight is 761 g/mol. The van der Waals surface area contributed by atoms with Gasteiger partial charge < -0.3 is 28.9 Å². The molecule has 2 N–H and O–H groups in total. The number of nitrogens with one attached hydrogen (secondary N) is 2. The summed E-state index contributed by atoms with van der Waals surface area (Å²) in [4.78, 5) is 69.7. The summed E-state index contributed by atoms with van der Waals surface area (Å²) >= 11 is 0. The molecule has 292 valence electrons. The highest BCUT2D eigenvalue weighted by Gasteiger charge is 2.54. The van der Waals surface area contributed by atoms with Crippen LogP contribution in [0.3, 0.4) is 0 Å². The van der Waals surface area contributed by atoms with Crippen molar-refractivity contribution in [3.63, 3.8) is 0 Å². The van der Waals surface area contributed by atoms with Gasteiger partial charge in [0.25, 0.3) is 0 Å². The number of methoxy groups -OCH3 is 2. The van der Waals surface area contributed by atoms with Gasteiger partial charge in [-0.25, -0.2) is 9.78 Å². The molecule has 0 amide bonds. The van der Waals surface area contributed by atoms with Crippen molar-refractivity contribution in [2.24, 2.45) is 5.92 Å². The van der Waals surface area contributed by atoms with Gasteiger partial charge in [0.1, 0.15) is 5.92 Å². The summed E-state index contributed by atoms with van der Waals surface area (Å²) in [6.07, 6.45) is 6.37.